The van der Waals surface area contributed by atoms with Crippen LogP contribution in [0, 0.1) is 5.92 Å². The van der Waals surface area contributed by atoms with Crippen molar-refractivity contribution in [3.05, 3.63) is 29.8 Å². The maximum atomic E-state index is 5.97. The number of nitrogens with one attached hydrogen (secondary N) is 1. The molecule has 0 spiro atoms. The third-order valence-electron chi connectivity index (χ3n) is 4.41. The zero-order chi connectivity index (χ0) is 15.6. The number of para-hydroxylation sites is 1. The van der Waals surface area contributed by atoms with Gasteiger partial charge in [-0.3, -0.25) is 4.90 Å². The summed E-state index contributed by atoms with van der Waals surface area (Å²) in [4.78, 5) is 2.59. The monoisotopic (exact) mass is 304 g/mol. The zero-order valence-corrected chi connectivity index (χ0v) is 14.3. The number of likely N-dealkylation sites (tertiary alicyclic amines) is 1. The molecule has 3 heteroatoms. The second-order valence-electron chi connectivity index (χ2n) is 6.36. The van der Waals surface area contributed by atoms with E-state index < -0.39 is 0 Å². The van der Waals surface area contributed by atoms with E-state index >= 15 is 0 Å². The number of hydrogen-bond donors (Lipinski definition) is 1. The summed E-state index contributed by atoms with van der Waals surface area (Å²) in [6, 6.07) is 8.54. The smallest absolute Gasteiger partial charge is 0.123 e. The highest BCUT2D eigenvalue weighted by molar-refractivity contribution is 5.33. The fraction of sp³-hybridized carbons (Fsp3) is 0.684. The first-order valence-corrected chi connectivity index (χ1v) is 8.97. The second kappa shape index (κ2) is 9.86. The molecule has 1 unspecified atom stereocenters. The number of hydrogen-bond acceptors (Lipinski definition) is 3. The molecule has 3 nitrogen and oxygen atoms in total. The minimum Gasteiger partial charge on any atom is -0.493 e. The molecule has 1 atom stereocenters. The summed E-state index contributed by atoms with van der Waals surface area (Å²) in [6.07, 6.45) is 4.98. The number of rotatable bonds is 9. The molecule has 0 radical (unpaired) electrons. The summed E-state index contributed by atoms with van der Waals surface area (Å²) < 4.78 is 5.97. The number of unbranched alkanes of at least 4 members (excludes halogenated alkanes) is 1. The Hall–Kier alpha value is -1.06. The van der Waals surface area contributed by atoms with Gasteiger partial charge in [0.05, 0.1) is 6.61 Å². The van der Waals surface area contributed by atoms with Crippen LogP contribution in [-0.2, 0) is 6.54 Å². The third kappa shape index (κ3) is 5.62. The Kier molecular flexibility index (Phi) is 7.75. The molecule has 1 aromatic rings. The summed E-state index contributed by atoms with van der Waals surface area (Å²) in [6.45, 7) is 10.9. The number of piperidine rings is 1. The van der Waals surface area contributed by atoms with Crippen LogP contribution in [-0.4, -0.2) is 37.7 Å². The minimum absolute atomic E-state index is 0.793. The normalized spacial score (nSPS) is 19.3. The summed E-state index contributed by atoms with van der Waals surface area (Å²) in [5, 5.41) is 3.50. The van der Waals surface area contributed by atoms with Crippen molar-refractivity contribution in [3.63, 3.8) is 0 Å². The fourth-order valence-corrected chi connectivity index (χ4v) is 3.15. The van der Waals surface area contributed by atoms with Gasteiger partial charge in [-0.25, -0.2) is 0 Å². The Morgan fingerprint density at radius 1 is 1.27 bits per heavy atom. The first kappa shape index (κ1) is 17.3. The molecule has 1 saturated heterocycles. The molecule has 1 heterocycles. The highest BCUT2D eigenvalue weighted by Gasteiger charge is 2.20. The number of ether oxygens (including phenoxy) is 1. The lowest BCUT2D eigenvalue weighted by Crippen LogP contribution is -2.39. The van der Waals surface area contributed by atoms with Crippen LogP contribution in [0.4, 0.5) is 0 Å². The average Bonchev–Trinajstić information content (AvgIpc) is 2.55. The maximum absolute atomic E-state index is 5.97. The van der Waals surface area contributed by atoms with E-state index in [4.69, 9.17) is 4.74 Å². The lowest BCUT2D eigenvalue weighted by atomic mass is 9.97. The highest BCUT2D eigenvalue weighted by atomic mass is 16.5. The van der Waals surface area contributed by atoms with Crippen molar-refractivity contribution in [3.8, 4) is 5.75 Å². The van der Waals surface area contributed by atoms with Gasteiger partial charge in [0.1, 0.15) is 5.75 Å². The molecule has 0 saturated carbocycles. The van der Waals surface area contributed by atoms with Crippen LogP contribution >= 0.6 is 0 Å². The lowest BCUT2D eigenvalue weighted by Gasteiger charge is -2.33. The van der Waals surface area contributed by atoms with Crippen LogP contribution in [0.5, 0.6) is 5.75 Å². The van der Waals surface area contributed by atoms with Gasteiger partial charge in [0.25, 0.3) is 0 Å². The van der Waals surface area contributed by atoms with Gasteiger partial charge in [0, 0.05) is 18.7 Å². The molecule has 1 N–H and O–H groups in total. The van der Waals surface area contributed by atoms with Crippen molar-refractivity contribution in [1.82, 2.24) is 10.2 Å². The molecular formula is C19H32N2O. The van der Waals surface area contributed by atoms with Crippen molar-refractivity contribution >= 4 is 0 Å². The van der Waals surface area contributed by atoms with E-state index in [0.717, 1.165) is 44.3 Å². The Bertz CT molecular complexity index is 422. The van der Waals surface area contributed by atoms with E-state index in [-0.39, 0.29) is 0 Å². The Morgan fingerprint density at radius 2 is 2.14 bits per heavy atom. The third-order valence-corrected chi connectivity index (χ3v) is 4.41. The lowest BCUT2D eigenvalue weighted by molar-refractivity contribution is 0.163. The van der Waals surface area contributed by atoms with Crippen molar-refractivity contribution in [2.75, 3.05) is 32.8 Å². The molecule has 0 aromatic heterocycles. The van der Waals surface area contributed by atoms with E-state index in [1.165, 1.54) is 37.9 Å². The molecule has 0 amide bonds. The molecule has 1 fully saturated rings. The number of nitrogens with zero attached hydrogens (tertiary/aromatic N) is 1. The van der Waals surface area contributed by atoms with Gasteiger partial charge >= 0.3 is 0 Å². The molecule has 0 aliphatic carbocycles. The fourth-order valence-electron chi connectivity index (χ4n) is 3.15. The Morgan fingerprint density at radius 3 is 2.95 bits per heavy atom. The minimum atomic E-state index is 0.793. The van der Waals surface area contributed by atoms with Crippen LogP contribution in [0.1, 0.15) is 45.1 Å². The van der Waals surface area contributed by atoms with Crippen molar-refractivity contribution in [1.29, 1.82) is 0 Å². The predicted molar refractivity (Wildman–Crippen MR) is 93.4 cm³/mol. The molecule has 22 heavy (non-hydrogen) atoms. The van der Waals surface area contributed by atoms with Crippen LogP contribution < -0.4 is 10.1 Å². The van der Waals surface area contributed by atoms with Gasteiger partial charge < -0.3 is 10.1 Å². The maximum Gasteiger partial charge on any atom is 0.123 e. The van der Waals surface area contributed by atoms with Crippen molar-refractivity contribution in [2.24, 2.45) is 5.92 Å². The molecule has 124 valence electrons. The first-order valence-electron chi connectivity index (χ1n) is 8.97. The molecule has 0 bridgehead atoms. The van der Waals surface area contributed by atoms with Gasteiger partial charge in [-0.05, 0) is 50.9 Å². The van der Waals surface area contributed by atoms with Gasteiger partial charge in [-0.1, -0.05) is 38.5 Å². The quantitative estimate of drug-likeness (QED) is 0.704. The van der Waals surface area contributed by atoms with E-state index in [1.54, 1.807) is 0 Å². The zero-order valence-electron chi connectivity index (χ0n) is 14.3. The molecule has 1 aliphatic rings. The van der Waals surface area contributed by atoms with Crippen molar-refractivity contribution in [2.45, 2.75) is 46.1 Å². The van der Waals surface area contributed by atoms with Crippen LogP contribution in [0.3, 0.4) is 0 Å². The summed E-state index contributed by atoms with van der Waals surface area (Å²) in [5.74, 6) is 1.87. The van der Waals surface area contributed by atoms with Gasteiger partial charge in [-0.2, -0.15) is 0 Å². The van der Waals surface area contributed by atoms with Crippen LogP contribution in [0.15, 0.2) is 24.3 Å². The summed E-state index contributed by atoms with van der Waals surface area (Å²) in [7, 11) is 0. The number of benzene rings is 1. The first-order chi connectivity index (χ1) is 10.8. The molecular weight excluding hydrogens is 272 g/mol. The summed E-state index contributed by atoms with van der Waals surface area (Å²) in [5.41, 5.74) is 1.34. The molecule has 1 aliphatic heterocycles. The standard InChI is InChI=1S/C19H32N2O/c1-3-5-13-22-19-11-7-6-10-18(19)16-21-12-8-9-17(15-21)14-20-4-2/h6-7,10-11,17,20H,3-5,8-9,12-16H2,1-2H3. The molecule has 1 aromatic carbocycles. The van der Waals surface area contributed by atoms with E-state index in [2.05, 4.69) is 48.3 Å². The SMILES string of the molecule is CCCCOc1ccccc1CN1CCCC(CNCC)C1. The Balaban J connectivity index is 1.89. The van der Waals surface area contributed by atoms with Gasteiger partial charge in [-0.15, -0.1) is 0 Å². The van der Waals surface area contributed by atoms with Gasteiger partial charge in [0.2, 0.25) is 0 Å². The van der Waals surface area contributed by atoms with E-state index in [0.29, 0.717) is 0 Å². The van der Waals surface area contributed by atoms with Crippen molar-refractivity contribution < 1.29 is 4.74 Å². The Labute approximate surface area is 136 Å². The topological polar surface area (TPSA) is 24.5 Å². The largest absolute Gasteiger partial charge is 0.493 e. The van der Waals surface area contributed by atoms with Crippen LogP contribution in [0.2, 0.25) is 0 Å². The summed E-state index contributed by atoms with van der Waals surface area (Å²) >= 11 is 0. The van der Waals surface area contributed by atoms with E-state index in [1.807, 2.05) is 0 Å². The highest BCUT2D eigenvalue weighted by Crippen LogP contribution is 2.23. The van der Waals surface area contributed by atoms with Gasteiger partial charge in [0.15, 0.2) is 0 Å². The second-order valence-corrected chi connectivity index (χ2v) is 6.36. The predicted octanol–water partition coefficient (Wildman–Crippen LogP) is 3.69. The average molecular weight is 304 g/mol. The van der Waals surface area contributed by atoms with Crippen LogP contribution in [0.25, 0.3) is 0 Å². The molecule has 2 rings (SSSR count). The van der Waals surface area contributed by atoms with E-state index in [9.17, 15) is 0 Å².